The van der Waals surface area contributed by atoms with E-state index in [4.69, 9.17) is 11.6 Å². The summed E-state index contributed by atoms with van der Waals surface area (Å²) >= 11 is 5.54. The highest BCUT2D eigenvalue weighted by Gasteiger charge is 2.09. The normalized spacial score (nSPS) is 9.62. The van der Waals surface area contributed by atoms with Crippen LogP contribution in [0.2, 0.25) is 5.15 Å². The molecule has 0 N–H and O–H groups in total. The van der Waals surface area contributed by atoms with E-state index in [0.717, 1.165) is 5.01 Å². The molecule has 0 amide bonds. The summed E-state index contributed by atoms with van der Waals surface area (Å²) in [6, 6.07) is 2.97. The Balaban J connectivity index is 2.57. The van der Waals surface area contributed by atoms with Crippen LogP contribution < -0.4 is 5.01 Å². The number of halogens is 1. The molecule has 0 aliphatic carbocycles. The van der Waals surface area contributed by atoms with E-state index in [-0.39, 0.29) is 24.1 Å². The van der Waals surface area contributed by atoms with E-state index in [9.17, 15) is 9.70 Å². The lowest BCUT2D eigenvalue weighted by Crippen LogP contribution is -2.23. The van der Waals surface area contributed by atoms with Gasteiger partial charge in [0, 0.05) is 6.92 Å². The number of carbonyl (C=O) groups excluding carboxylic acids is 1. The predicted molar refractivity (Wildman–Crippen MR) is 56.8 cm³/mol. The van der Waals surface area contributed by atoms with Crippen LogP contribution in [0.1, 0.15) is 6.92 Å². The molecule has 8 heteroatoms. The molecule has 1 aromatic heterocycles. The van der Waals surface area contributed by atoms with Crippen LogP contribution in [0.15, 0.2) is 17.4 Å². The van der Waals surface area contributed by atoms with Gasteiger partial charge in [0.1, 0.15) is 6.61 Å². The van der Waals surface area contributed by atoms with Crippen LogP contribution in [-0.2, 0) is 9.53 Å². The second kappa shape index (κ2) is 5.96. The van der Waals surface area contributed by atoms with E-state index >= 15 is 0 Å². The van der Waals surface area contributed by atoms with Crippen LogP contribution in [0.3, 0.4) is 0 Å². The van der Waals surface area contributed by atoms with E-state index in [2.05, 4.69) is 20.2 Å². The van der Waals surface area contributed by atoms with E-state index in [1.165, 1.54) is 19.1 Å². The quantitative estimate of drug-likeness (QED) is 0.439. The smallest absolute Gasteiger partial charge is 0.302 e. The first-order valence-corrected chi connectivity index (χ1v) is 4.74. The first-order valence-electron chi connectivity index (χ1n) is 4.37. The van der Waals surface area contributed by atoms with Crippen molar-refractivity contribution in [1.29, 1.82) is 0 Å². The van der Waals surface area contributed by atoms with Gasteiger partial charge in [-0.3, -0.25) is 4.79 Å². The van der Waals surface area contributed by atoms with Gasteiger partial charge in [-0.15, -0.1) is 15.1 Å². The summed E-state index contributed by atoms with van der Waals surface area (Å²) in [7, 11) is 0. The van der Waals surface area contributed by atoms with Crippen molar-refractivity contribution in [3.63, 3.8) is 0 Å². The van der Waals surface area contributed by atoms with Gasteiger partial charge in [-0.25, -0.2) is 5.01 Å². The van der Waals surface area contributed by atoms with Gasteiger partial charge >= 0.3 is 5.97 Å². The molecule has 1 aromatic rings. The Labute approximate surface area is 96.3 Å². The highest BCUT2D eigenvalue weighted by molar-refractivity contribution is 6.29. The van der Waals surface area contributed by atoms with Gasteiger partial charge in [-0.05, 0) is 12.1 Å². The maximum atomic E-state index is 10.5. The topological polar surface area (TPSA) is 84.8 Å². The Kier molecular flexibility index (Phi) is 4.59. The highest BCUT2D eigenvalue weighted by Crippen LogP contribution is 2.11. The zero-order valence-electron chi connectivity index (χ0n) is 8.46. The van der Waals surface area contributed by atoms with Gasteiger partial charge in [0.05, 0.1) is 11.8 Å². The van der Waals surface area contributed by atoms with Gasteiger partial charge in [-0.1, -0.05) is 11.6 Å². The molecule has 0 saturated heterocycles. The number of nitrogens with zero attached hydrogens (tertiary/aromatic N) is 4. The number of rotatable bonds is 5. The third-order valence-electron chi connectivity index (χ3n) is 1.59. The molecule has 0 bridgehead atoms. The Morgan fingerprint density at radius 1 is 1.56 bits per heavy atom. The second-order valence-corrected chi connectivity index (χ2v) is 3.15. The standard InChI is InChI=1S/C8H9ClN4O3/c1-6(14)16-5-4-13(12-15)8-3-2-7(9)10-11-8/h2-3H,4-5H2,1H3. The third kappa shape index (κ3) is 3.77. The summed E-state index contributed by atoms with van der Waals surface area (Å²) in [6.07, 6.45) is 0. The summed E-state index contributed by atoms with van der Waals surface area (Å²) in [6.45, 7) is 1.44. The average Bonchev–Trinajstić information content (AvgIpc) is 2.26. The highest BCUT2D eigenvalue weighted by atomic mass is 35.5. The molecule has 0 atom stereocenters. The van der Waals surface area contributed by atoms with Gasteiger partial charge in [-0.2, -0.15) is 0 Å². The number of aromatic nitrogens is 2. The molecule has 0 fully saturated rings. The minimum Gasteiger partial charge on any atom is -0.464 e. The van der Waals surface area contributed by atoms with Gasteiger partial charge < -0.3 is 4.74 Å². The number of nitroso groups, excluding NO2 is 1. The van der Waals surface area contributed by atoms with Crippen LogP contribution in [0.25, 0.3) is 0 Å². The Morgan fingerprint density at radius 3 is 2.81 bits per heavy atom. The lowest BCUT2D eigenvalue weighted by molar-refractivity contribution is -0.140. The number of esters is 1. The summed E-state index contributed by atoms with van der Waals surface area (Å²) < 4.78 is 4.67. The number of hydrogen-bond donors (Lipinski definition) is 0. The van der Waals surface area contributed by atoms with Crippen LogP contribution in [0.4, 0.5) is 5.82 Å². The van der Waals surface area contributed by atoms with Crippen molar-refractivity contribution < 1.29 is 9.53 Å². The van der Waals surface area contributed by atoms with Crippen molar-refractivity contribution in [3.8, 4) is 0 Å². The second-order valence-electron chi connectivity index (χ2n) is 2.76. The van der Waals surface area contributed by atoms with Crippen molar-refractivity contribution in [2.45, 2.75) is 6.92 Å². The van der Waals surface area contributed by atoms with Crippen LogP contribution >= 0.6 is 11.6 Å². The Morgan fingerprint density at radius 2 is 2.31 bits per heavy atom. The molecule has 86 valence electrons. The van der Waals surface area contributed by atoms with E-state index in [0.29, 0.717) is 0 Å². The number of ether oxygens (including phenoxy) is 1. The van der Waals surface area contributed by atoms with Crippen LogP contribution in [-0.4, -0.2) is 29.3 Å². The monoisotopic (exact) mass is 244 g/mol. The summed E-state index contributed by atoms with van der Waals surface area (Å²) in [5, 5.41) is 11.2. The molecule has 1 rings (SSSR count). The summed E-state index contributed by atoms with van der Waals surface area (Å²) in [5.41, 5.74) is 0. The molecule has 1 heterocycles. The SMILES string of the molecule is CC(=O)OCCN(N=O)c1ccc(Cl)nn1. The number of anilines is 1. The van der Waals surface area contributed by atoms with Crippen molar-refractivity contribution in [1.82, 2.24) is 10.2 Å². The molecule has 0 unspecified atom stereocenters. The molecule has 0 aliphatic rings. The van der Waals surface area contributed by atoms with Crippen LogP contribution in [0, 0.1) is 4.91 Å². The molecule has 0 radical (unpaired) electrons. The van der Waals surface area contributed by atoms with E-state index in [1.807, 2.05) is 0 Å². The fourth-order valence-electron chi connectivity index (χ4n) is 0.920. The predicted octanol–water partition coefficient (Wildman–Crippen LogP) is 1.18. The maximum Gasteiger partial charge on any atom is 0.302 e. The minimum absolute atomic E-state index is 0.0470. The largest absolute Gasteiger partial charge is 0.464 e. The van der Waals surface area contributed by atoms with Crippen molar-refractivity contribution >= 4 is 23.4 Å². The lowest BCUT2D eigenvalue weighted by atomic mass is 10.5. The molecule has 0 spiro atoms. The average molecular weight is 245 g/mol. The van der Waals surface area contributed by atoms with Crippen molar-refractivity contribution in [2.75, 3.05) is 18.2 Å². The maximum absolute atomic E-state index is 10.5. The molecule has 0 aromatic carbocycles. The summed E-state index contributed by atoms with van der Waals surface area (Å²) in [5.74, 6) is -0.181. The van der Waals surface area contributed by atoms with Gasteiger partial charge in [0.2, 0.25) is 0 Å². The van der Waals surface area contributed by atoms with Crippen LogP contribution in [0.5, 0.6) is 0 Å². The third-order valence-corrected chi connectivity index (χ3v) is 1.79. The van der Waals surface area contributed by atoms with Crippen molar-refractivity contribution in [2.24, 2.45) is 5.29 Å². The van der Waals surface area contributed by atoms with E-state index < -0.39 is 5.97 Å². The van der Waals surface area contributed by atoms with Gasteiger partial charge in [0.15, 0.2) is 11.0 Å². The Hall–Kier alpha value is -1.76. The lowest BCUT2D eigenvalue weighted by Gasteiger charge is -2.12. The minimum atomic E-state index is -0.423. The number of carbonyl (C=O) groups is 1. The molecule has 7 nitrogen and oxygen atoms in total. The Bertz CT molecular complexity index is 370. The fraction of sp³-hybridized carbons (Fsp3) is 0.375. The zero-order valence-corrected chi connectivity index (χ0v) is 9.22. The zero-order chi connectivity index (χ0) is 12.0. The molecule has 16 heavy (non-hydrogen) atoms. The molecule has 0 aliphatic heterocycles. The van der Waals surface area contributed by atoms with Crippen molar-refractivity contribution in [3.05, 3.63) is 22.2 Å². The molecular formula is C8H9ClN4O3. The van der Waals surface area contributed by atoms with Gasteiger partial charge in [0.25, 0.3) is 0 Å². The fourth-order valence-corrected chi connectivity index (χ4v) is 1.02. The first-order chi connectivity index (χ1) is 7.63. The first kappa shape index (κ1) is 12.3. The molecular weight excluding hydrogens is 236 g/mol. The van der Waals surface area contributed by atoms with E-state index in [1.54, 1.807) is 0 Å². The summed E-state index contributed by atoms with van der Waals surface area (Å²) in [4.78, 5) is 21.0. The molecule has 0 saturated carbocycles. The number of hydrogen-bond acceptors (Lipinski definition) is 6.